The number of nitrogens with zero attached hydrogens (tertiary/aromatic N) is 1. The maximum Gasteiger partial charge on any atom is 0.331 e. The van der Waals surface area contributed by atoms with Crippen LogP contribution in [0.15, 0.2) is 42.5 Å². The first-order valence-electron chi connectivity index (χ1n) is 8.32. The fraction of sp³-hybridized carbons (Fsp3) is 0.250. The van der Waals surface area contributed by atoms with Crippen LogP contribution >= 0.6 is 0 Å². The van der Waals surface area contributed by atoms with Crippen molar-refractivity contribution in [1.82, 2.24) is 0 Å². The van der Waals surface area contributed by atoms with Gasteiger partial charge in [-0.15, -0.1) is 0 Å². The lowest BCUT2D eigenvalue weighted by Crippen LogP contribution is -2.06. The number of rotatable bonds is 8. The van der Waals surface area contributed by atoms with Gasteiger partial charge in [0.15, 0.2) is 11.5 Å². The minimum atomic E-state index is -0.649. The first-order chi connectivity index (χ1) is 13.4. The van der Waals surface area contributed by atoms with Crippen molar-refractivity contribution in [3.8, 4) is 17.2 Å². The molecule has 0 bridgehead atoms. The Kier molecular flexibility index (Phi) is 6.97. The van der Waals surface area contributed by atoms with Gasteiger partial charge in [0.25, 0.3) is 5.69 Å². The number of methoxy groups -OCH3 is 3. The lowest BCUT2D eigenvalue weighted by Gasteiger charge is -2.13. The van der Waals surface area contributed by atoms with E-state index in [1.165, 1.54) is 45.6 Å². The molecule has 0 N–H and O–H groups in total. The average molecular weight is 387 g/mol. The maximum absolute atomic E-state index is 12.2. The third-order valence-electron chi connectivity index (χ3n) is 3.98. The van der Waals surface area contributed by atoms with Crippen LogP contribution in [-0.4, -0.2) is 32.2 Å². The van der Waals surface area contributed by atoms with E-state index in [1.807, 2.05) is 0 Å². The molecule has 0 aliphatic carbocycles. The molecule has 0 radical (unpaired) electrons. The molecule has 1 atom stereocenters. The van der Waals surface area contributed by atoms with Crippen LogP contribution in [-0.2, 0) is 9.53 Å². The van der Waals surface area contributed by atoms with E-state index in [0.29, 0.717) is 28.4 Å². The van der Waals surface area contributed by atoms with E-state index in [4.69, 9.17) is 18.9 Å². The molecule has 148 valence electrons. The van der Waals surface area contributed by atoms with Gasteiger partial charge in [0.2, 0.25) is 0 Å². The van der Waals surface area contributed by atoms with Crippen LogP contribution < -0.4 is 14.2 Å². The van der Waals surface area contributed by atoms with Gasteiger partial charge in [-0.25, -0.2) is 4.79 Å². The second-order valence-electron chi connectivity index (χ2n) is 5.71. The molecule has 2 rings (SSSR count). The van der Waals surface area contributed by atoms with Crippen LogP contribution in [0, 0.1) is 10.1 Å². The van der Waals surface area contributed by atoms with Crippen LogP contribution in [0.2, 0.25) is 0 Å². The molecule has 0 spiro atoms. The number of hydrogen-bond acceptors (Lipinski definition) is 7. The van der Waals surface area contributed by atoms with Crippen molar-refractivity contribution in [3.63, 3.8) is 0 Å². The van der Waals surface area contributed by atoms with Gasteiger partial charge in [-0.05, 0) is 24.6 Å². The number of hydrogen-bond donors (Lipinski definition) is 0. The van der Waals surface area contributed by atoms with Crippen LogP contribution in [0.25, 0.3) is 6.08 Å². The monoisotopic (exact) mass is 387 g/mol. The predicted molar refractivity (Wildman–Crippen MR) is 103 cm³/mol. The molecule has 0 saturated heterocycles. The number of nitro benzene ring substituents is 1. The largest absolute Gasteiger partial charge is 0.496 e. The van der Waals surface area contributed by atoms with Crippen molar-refractivity contribution >= 4 is 17.7 Å². The molecule has 0 amide bonds. The zero-order valence-corrected chi connectivity index (χ0v) is 16.0. The highest BCUT2D eigenvalue weighted by atomic mass is 16.6. The number of ether oxygens (including phenoxy) is 4. The van der Waals surface area contributed by atoms with E-state index in [0.717, 1.165) is 0 Å². The van der Waals surface area contributed by atoms with Gasteiger partial charge in [0, 0.05) is 29.8 Å². The number of nitro groups is 1. The van der Waals surface area contributed by atoms with Crippen molar-refractivity contribution in [1.29, 1.82) is 0 Å². The first kappa shape index (κ1) is 20.8. The van der Waals surface area contributed by atoms with E-state index < -0.39 is 17.0 Å². The van der Waals surface area contributed by atoms with Gasteiger partial charge in [-0.1, -0.05) is 12.1 Å². The molecule has 0 aromatic heterocycles. The van der Waals surface area contributed by atoms with Crippen molar-refractivity contribution in [2.45, 2.75) is 13.0 Å². The Morgan fingerprint density at radius 3 is 2.29 bits per heavy atom. The van der Waals surface area contributed by atoms with Gasteiger partial charge >= 0.3 is 5.97 Å². The third kappa shape index (κ3) is 5.00. The summed E-state index contributed by atoms with van der Waals surface area (Å²) in [6, 6.07) is 9.27. The summed E-state index contributed by atoms with van der Waals surface area (Å²) in [7, 11) is 4.52. The Morgan fingerprint density at radius 2 is 1.68 bits per heavy atom. The fourth-order valence-electron chi connectivity index (χ4n) is 2.51. The molecule has 2 aromatic rings. The first-order valence-corrected chi connectivity index (χ1v) is 8.32. The van der Waals surface area contributed by atoms with Crippen molar-refractivity contribution in [2.24, 2.45) is 0 Å². The Hall–Kier alpha value is -3.55. The zero-order chi connectivity index (χ0) is 20.7. The van der Waals surface area contributed by atoms with E-state index in [2.05, 4.69) is 0 Å². The maximum atomic E-state index is 12.2. The summed E-state index contributed by atoms with van der Waals surface area (Å²) in [6.07, 6.45) is 2.13. The van der Waals surface area contributed by atoms with Crippen LogP contribution in [0.5, 0.6) is 17.2 Å². The second kappa shape index (κ2) is 9.40. The number of benzene rings is 2. The molecule has 0 saturated carbocycles. The fourth-order valence-corrected chi connectivity index (χ4v) is 2.51. The van der Waals surface area contributed by atoms with Crippen molar-refractivity contribution < 1.29 is 28.7 Å². The SMILES string of the molecule is COc1cc(OC)c(OC)cc1/C=C/C(=O)O[C@@H](C)c1cccc([N+](=O)[O-])c1. The molecule has 0 heterocycles. The number of non-ortho nitro benzene ring substituents is 1. The Labute approximate surface area is 162 Å². The quantitative estimate of drug-likeness (QED) is 0.293. The molecule has 8 heteroatoms. The number of esters is 1. The van der Waals surface area contributed by atoms with E-state index in [1.54, 1.807) is 31.2 Å². The van der Waals surface area contributed by atoms with Crippen LogP contribution in [0.3, 0.4) is 0 Å². The van der Waals surface area contributed by atoms with Gasteiger partial charge in [-0.3, -0.25) is 10.1 Å². The minimum absolute atomic E-state index is 0.0639. The van der Waals surface area contributed by atoms with Crippen LogP contribution in [0.4, 0.5) is 5.69 Å². The number of carbonyl (C=O) groups excluding carboxylic acids is 1. The summed E-state index contributed by atoms with van der Waals surface area (Å²) >= 11 is 0. The molecule has 0 aliphatic heterocycles. The molecular weight excluding hydrogens is 366 g/mol. The molecular formula is C20H21NO7. The highest BCUT2D eigenvalue weighted by Crippen LogP contribution is 2.35. The molecule has 0 unspecified atom stereocenters. The Bertz CT molecular complexity index is 892. The van der Waals surface area contributed by atoms with Gasteiger partial charge in [-0.2, -0.15) is 0 Å². The van der Waals surface area contributed by atoms with Gasteiger partial charge in [0.05, 0.1) is 26.3 Å². The van der Waals surface area contributed by atoms with Crippen LogP contribution in [0.1, 0.15) is 24.2 Å². The van der Waals surface area contributed by atoms with Crippen molar-refractivity contribution in [2.75, 3.05) is 21.3 Å². The summed E-state index contributed by atoms with van der Waals surface area (Å²) < 4.78 is 21.1. The highest BCUT2D eigenvalue weighted by Gasteiger charge is 2.14. The molecule has 28 heavy (non-hydrogen) atoms. The van der Waals surface area contributed by atoms with E-state index in [9.17, 15) is 14.9 Å². The summed E-state index contributed by atoms with van der Waals surface area (Å²) in [6.45, 7) is 1.64. The summed E-state index contributed by atoms with van der Waals surface area (Å²) in [5.41, 5.74) is 1.06. The average Bonchev–Trinajstić information content (AvgIpc) is 2.71. The molecule has 0 aliphatic rings. The second-order valence-corrected chi connectivity index (χ2v) is 5.71. The van der Waals surface area contributed by atoms with Gasteiger partial charge < -0.3 is 18.9 Å². The van der Waals surface area contributed by atoms with Gasteiger partial charge in [0.1, 0.15) is 11.9 Å². The predicted octanol–water partition coefficient (Wildman–Crippen LogP) is 3.94. The van der Waals surface area contributed by atoms with Crippen molar-refractivity contribution in [3.05, 3.63) is 63.7 Å². The topological polar surface area (TPSA) is 97.1 Å². The molecule has 8 nitrogen and oxygen atoms in total. The summed E-state index contributed by atoms with van der Waals surface area (Å²) in [4.78, 5) is 22.5. The normalized spacial score (nSPS) is 11.7. The van der Waals surface area contributed by atoms with E-state index in [-0.39, 0.29) is 5.69 Å². The smallest absolute Gasteiger partial charge is 0.331 e. The lowest BCUT2D eigenvalue weighted by molar-refractivity contribution is -0.385. The van der Waals surface area contributed by atoms with E-state index >= 15 is 0 Å². The molecule has 2 aromatic carbocycles. The zero-order valence-electron chi connectivity index (χ0n) is 16.0. The highest BCUT2D eigenvalue weighted by molar-refractivity contribution is 5.88. The Balaban J connectivity index is 2.15. The third-order valence-corrected chi connectivity index (χ3v) is 3.98. The standard InChI is InChI=1S/C20H21NO7/c1-13(14-6-5-7-16(10-14)21(23)24)28-20(22)9-8-15-11-18(26-3)19(27-4)12-17(15)25-2/h5-13H,1-4H3/b9-8+/t13-/m0/s1. The lowest BCUT2D eigenvalue weighted by atomic mass is 10.1. The molecule has 0 fully saturated rings. The summed E-state index contributed by atoms with van der Waals surface area (Å²) in [5.74, 6) is 0.879. The Morgan fingerprint density at radius 1 is 1.04 bits per heavy atom. The number of carbonyl (C=O) groups is 1. The summed E-state index contributed by atoms with van der Waals surface area (Å²) in [5, 5.41) is 10.9. The minimum Gasteiger partial charge on any atom is -0.496 e.